The Bertz CT molecular complexity index is 1200. The van der Waals surface area contributed by atoms with Gasteiger partial charge >= 0.3 is 199 Å². The van der Waals surface area contributed by atoms with Gasteiger partial charge in [0, 0.05) is 21.0 Å². The summed E-state index contributed by atoms with van der Waals surface area (Å²) in [6, 6.07) is 0. The molecule has 0 rings (SSSR count). The number of ether oxygens (including phenoxy) is 1. The number of carboxylic acids is 4. The fraction of sp³-hybridized carbons (Fsp3) is 0.917. The van der Waals surface area contributed by atoms with Gasteiger partial charge in [-0.3, -0.25) is 0 Å². The van der Waals surface area contributed by atoms with E-state index in [2.05, 4.69) is 159 Å². The molecule has 11 nitrogen and oxygen atoms in total. The molecule has 0 aliphatic rings. The van der Waals surface area contributed by atoms with Gasteiger partial charge < -0.3 is 39.6 Å². The molecule has 0 amide bonds. The summed E-state index contributed by atoms with van der Waals surface area (Å²) in [6.07, 6.45) is 30.9. The SMILES string of the molecule is CC(C)CCCCCC(S)C(=O)[O-].CC(C)CCCCCC(S)C(=O)[O-].CC(C)CCCCCC(S)C(=O)[O-].CC(C)CCCCCC(S)C(=O)[O-].CCC[CH2][Sn+2][CH2]CCC.CCC[CH2][Sn+]([CH2]CCC)[CH](O)COC(=O)C(S)S. The van der Waals surface area contributed by atoms with E-state index in [0.29, 0.717) is 25.7 Å². The molecule has 0 saturated carbocycles. The average molecular weight is 1450 g/mol. The van der Waals surface area contributed by atoms with E-state index in [-0.39, 0.29) is 31.9 Å². The number of aliphatic hydroxyl groups is 1. The van der Waals surface area contributed by atoms with E-state index in [0.717, 1.165) is 87.9 Å². The second kappa shape index (κ2) is 68.1. The zero-order chi connectivity index (χ0) is 62.0. The van der Waals surface area contributed by atoms with Crippen LogP contribution < -0.4 is 20.4 Å². The second-order valence-electron chi connectivity index (χ2n) is 22.3. The van der Waals surface area contributed by atoms with Gasteiger partial charge in [0.2, 0.25) is 0 Å². The number of hydrogen-bond donors (Lipinski definition) is 7. The minimum absolute atomic E-state index is 0.138. The second-order valence-corrected chi connectivity index (χ2v) is 39.0. The van der Waals surface area contributed by atoms with Crippen molar-refractivity contribution in [3.8, 4) is 0 Å². The maximum atomic E-state index is 11.2. The van der Waals surface area contributed by atoms with E-state index in [4.69, 9.17) is 4.74 Å². The van der Waals surface area contributed by atoms with E-state index in [1.807, 2.05) is 0 Å². The van der Waals surface area contributed by atoms with Crippen LogP contribution in [0, 0.1) is 23.7 Å². The van der Waals surface area contributed by atoms with Gasteiger partial charge in [-0.05, 0) is 49.4 Å². The first-order chi connectivity index (χ1) is 37.1. The molecule has 0 fully saturated rings. The number of carbonyl (C=O) groups is 5. The molecule has 0 aromatic carbocycles. The van der Waals surface area contributed by atoms with E-state index >= 15 is 0 Å². The summed E-state index contributed by atoms with van der Waals surface area (Å²) >= 11 is 21.7. The van der Waals surface area contributed by atoms with Gasteiger partial charge in [0.05, 0.1) is 23.9 Å². The van der Waals surface area contributed by atoms with Crippen molar-refractivity contribution in [2.75, 3.05) is 6.61 Å². The number of carboxylic acid groups (broad SMARTS) is 4. The topological polar surface area (TPSA) is 207 Å². The van der Waals surface area contributed by atoms with Crippen molar-refractivity contribution in [2.24, 2.45) is 23.7 Å². The van der Waals surface area contributed by atoms with Crippen LogP contribution in [0.4, 0.5) is 0 Å². The molecule has 0 aromatic heterocycles. The molecule has 470 valence electrons. The van der Waals surface area contributed by atoms with Crippen LogP contribution in [0.15, 0.2) is 0 Å². The number of rotatable bonds is 44. The Hall–Kier alpha value is 1.01. The molecule has 0 radical (unpaired) electrons. The van der Waals surface area contributed by atoms with E-state index in [1.165, 1.54) is 98.8 Å². The summed E-state index contributed by atoms with van der Waals surface area (Å²) in [7, 11) is 0. The molecule has 0 bridgehead atoms. The molecule has 19 heteroatoms. The molecule has 0 spiro atoms. The number of unbranched alkanes of at least 4 members (excludes halogenated alkanes) is 12. The fourth-order valence-corrected chi connectivity index (χ4v) is 20.3. The van der Waals surface area contributed by atoms with E-state index in [1.54, 1.807) is 8.87 Å². The molecule has 0 heterocycles. The Morgan fingerprint density at radius 3 is 0.848 bits per heavy atom. The molecule has 1 N–H and O–H groups in total. The Morgan fingerprint density at radius 2 is 0.646 bits per heavy atom. The average Bonchev–Trinajstić information content (AvgIpc) is 3.37. The van der Waals surface area contributed by atoms with Crippen molar-refractivity contribution in [3.63, 3.8) is 0 Å². The number of aliphatic hydroxyl groups excluding tert-OH is 1. The van der Waals surface area contributed by atoms with E-state index < -0.39 is 75.2 Å². The van der Waals surface area contributed by atoms with Gasteiger partial charge in [-0.15, -0.1) is 0 Å². The summed E-state index contributed by atoms with van der Waals surface area (Å²) in [5.74, 6) is -1.69. The van der Waals surface area contributed by atoms with Crippen molar-refractivity contribution in [3.05, 3.63) is 0 Å². The molecule has 0 aliphatic carbocycles. The minimum atomic E-state index is -1.83. The summed E-state index contributed by atoms with van der Waals surface area (Å²) in [5.41, 5.74) is 0. The van der Waals surface area contributed by atoms with Gasteiger partial charge in [-0.1, -0.05) is 158 Å². The normalized spacial score (nSPS) is 12.6. The van der Waals surface area contributed by atoms with Crippen LogP contribution >= 0.6 is 75.8 Å². The molecule has 5 atom stereocenters. The van der Waals surface area contributed by atoms with Crippen LogP contribution in [-0.2, 0) is 28.7 Å². The number of carbonyl (C=O) groups excluding carboxylic acids is 5. The van der Waals surface area contributed by atoms with Gasteiger partial charge in [-0.2, -0.15) is 50.5 Å². The van der Waals surface area contributed by atoms with Crippen LogP contribution in [0.3, 0.4) is 0 Å². The quantitative estimate of drug-likeness (QED) is 0.0100. The van der Waals surface area contributed by atoms with Crippen LogP contribution in [0.1, 0.15) is 263 Å². The molecule has 0 aromatic rings. The van der Waals surface area contributed by atoms with E-state index in [9.17, 15) is 49.5 Å². The summed E-state index contributed by atoms with van der Waals surface area (Å²) in [6.45, 7) is 26.6. The zero-order valence-electron chi connectivity index (χ0n) is 51.8. The van der Waals surface area contributed by atoms with Crippen molar-refractivity contribution in [1.29, 1.82) is 0 Å². The fourth-order valence-electron chi connectivity index (χ4n) is 7.09. The maximum absolute atomic E-state index is 11.2. The molecule has 0 saturated heterocycles. The first-order valence-electron chi connectivity index (χ1n) is 30.4. The Kier molecular flexibility index (Phi) is 78.6. The van der Waals surface area contributed by atoms with Gasteiger partial charge in [0.25, 0.3) is 0 Å². The summed E-state index contributed by atoms with van der Waals surface area (Å²) in [5, 5.41) is 49.0. The predicted octanol–water partition coefficient (Wildman–Crippen LogP) is 12.4. The third-order valence-corrected chi connectivity index (χ3v) is 27.5. The number of aliphatic carboxylic acids is 4. The predicted molar refractivity (Wildman–Crippen MR) is 352 cm³/mol. The zero-order valence-corrected chi connectivity index (χ0v) is 62.9. The van der Waals surface area contributed by atoms with Crippen molar-refractivity contribution in [1.82, 2.24) is 0 Å². The van der Waals surface area contributed by atoms with Gasteiger partial charge in [-0.25, -0.2) is 0 Å². The molecule has 79 heavy (non-hydrogen) atoms. The third kappa shape index (κ3) is 81.1. The van der Waals surface area contributed by atoms with Crippen LogP contribution in [0.25, 0.3) is 0 Å². The van der Waals surface area contributed by atoms with Gasteiger partial charge in [0.1, 0.15) is 0 Å². The standard InChI is InChI=1S/4C10H20O2S.C4H7O3S2.4C4H9.2Sn/c4*1-8(2)6-4-3-5-7-9(13)10(11)12;5-1-2-7-3(6)4(8)9;4*1-3-4-2;;/h4*8-9,13H,3-7H2,1-2H3,(H,11,12);1,4-5,8-9H,2H2;4*1,3-4H2,2H3;;/q;;;;;;;;;+1;+2/p-4. The van der Waals surface area contributed by atoms with Crippen LogP contribution in [-0.4, -0.2) is 112 Å². The van der Waals surface area contributed by atoms with Crippen molar-refractivity contribution in [2.45, 2.75) is 310 Å². The first-order valence-corrected chi connectivity index (χ1v) is 43.2. The van der Waals surface area contributed by atoms with Crippen molar-refractivity contribution < 1.29 is 54.2 Å². The van der Waals surface area contributed by atoms with Crippen LogP contribution in [0.5, 0.6) is 0 Å². The molecule has 0 aliphatic heterocycles. The third-order valence-electron chi connectivity index (χ3n) is 12.3. The Labute approximate surface area is 536 Å². The molecular formula is C60H119O11S6Sn2-. The number of thiol groups is 6. The Morgan fingerprint density at radius 1 is 0.405 bits per heavy atom. The van der Waals surface area contributed by atoms with Crippen molar-refractivity contribution >= 4 is 147 Å². The first kappa shape index (κ1) is 91.2. The summed E-state index contributed by atoms with van der Waals surface area (Å²) < 4.78 is 9.54. The molecular weight excluding hydrogens is 1330 g/mol. The number of esters is 1. The molecule has 5 unspecified atom stereocenters. The summed E-state index contributed by atoms with van der Waals surface area (Å²) in [4.78, 5) is 52.4. The Balaban J connectivity index is -0.000000204. The number of hydrogen-bond acceptors (Lipinski definition) is 17. The van der Waals surface area contributed by atoms with Crippen LogP contribution in [0.2, 0.25) is 17.7 Å². The van der Waals surface area contributed by atoms with Gasteiger partial charge in [0.15, 0.2) is 0 Å². The monoisotopic (exact) mass is 1450 g/mol.